The molecule has 5 aliphatic rings. The van der Waals surface area contributed by atoms with Crippen molar-refractivity contribution in [2.75, 3.05) is 6.61 Å². The summed E-state index contributed by atoms with van der Waals surface area (Å²) >= 11 is 0. The SMILES string of the molecule is C=C(C)[C@@H]1CC[C@]2(C)[C@H](CC[C@@H]3[C@H]4[C@H]5OC[C@@]4(CCC5(C)C)CC[C@]32C)[C@@]1(C)CCC(=O)OCc1ccccc1. The number of hydrogen-bond donors (Lipinski definition) is 0. The van der Waals surface area contributed by atoms with E-state index in [1.165, 1.54) is 56.9 Å². The zero-order valence-electron chi connectivity index (χ0n) is 26.2. The number of fused-ring (bicyclic) bond motifs is 3. The van der Waals surface area contributed by atoms with Crippen molar-refractivity contribution >= 4 is 5.97 Å². The largest absolute Gasteiger partial charge is 0.461 e. The summed E-state index contributed by atoms with van der Waals surface area (Å²) in [5, 5.41) is 0. The summed E-state index contributed by atoms with van der Waals surface area (Å²) in [6.45, 7) is 20.9. The molecule has 0 spiro atoms. The lowest BCUT2D eigenvalue weighted by Gasteiger charge is -2.71. The van der Waals surface area contributed by atoms with E-state index in [0.717, 1.165) is 24.5 Å². The summed E-state index contributed by atoms with van der Waals surface area (Å²) in [4.78, 5) is 13.0. The normalized spacial score (nSPS) is 45.1. The predicted molar refractivity (Wildman–Crippen MR) is 161 cm³/mol. The van der Waals surface area contributed by atoms with Crippen molar-refractivity contribution in [1.29, 1.82) is 0 Å². The molecule has 2 bridgehead atoms. The molecule has 220 valence electrons. The van der Waals surface area contributed by atoms with E-state index < -0.39 is 0 Å². The number of carbonyl (C=O) groups is 1. The third kappa shape index (κ3) is 4.10. The topological polar surface area (TPSA) is 35.5 Å². The lowest BCUT2D eigenvalue weighted by molar-refractivity contribution is -0.224. The van der Waals surface area contributed by atoms with Gasteiger partial charge in [-0.2, -0.15) is 0 Å². The van der Waals surface area contributed by atoms with E-state index in [4.69, 9.17) is 9.47 Å². The minimum atomic E-state index is -0.0597. The van der Waals surface area contributed by atoms with Gasteiger partial charge in [-0.25, -0.2) is 0 Å². The van der Waals surface area contributed by atoms with Crippen molar-refractivity contribution < 1.29 is 14.3 Å². The van der Waals surface area contributed by atoms with E-state index >= 15 is 0 Å². The highest BCUT2D eigenvalue weighted by atomic mass is 16.5. The van der Waals surface area contributed by atoms with Gasteiger partial charge in [-0.3, -0.25) is 4.79 Å². The molecule has 1 heterocycles. The molecular formula is C37H54O3. The number of carbonyl (C=O) groups excluding carboxylic acids is 1. The third-order valence-corrected chi connectivity index (χ3v) is 14.1. The Balaban J connectivity index is 1.26. The van der Waals surface area contributed by atoms with Crippen molar-refractivity contribution in [2.24, 2.45) is 50.7 Å². The lowest BCUT2D eigenvalue weighted by Crippen LogP contribution is -2.65. The third-order valence-electron chi connectivity index (χ3n) is 14.1. The van der Waals surface area contributed by atoms with Crippen molar-refractivity contribution in [1.82, 2.24) is 0 Å². The van der Waals surface area contributed by atoms with Crippen LogP contribution in [0.5, 0.6) is 0 Å². The van der Waals surface area contributed by atoms with Gasteiger partial charge in [0, 0.05) is 6.42 Å². The maximum absolute atomic E-state index is 13.0. The Bertz CT molecular complexity index is 1140. The first kappa shape index (κ1) is 28.5. The standard InChI is InChI=1S/C37H54O3/c1-25(2)27-15-18-36(7)29(34(27,5)17-16-30(38)39-23-26-11-9-8-10-12-26)14-13-28-31-32-33(3,4)19-21-37(31,24-40-32)22-20-35(28,36)6/h8-12,27-29,31-32H,1,13-24H2,2-7H3/t27-,28+,29+,31-,32+,34-,35+,36+,37+/m0/s1. The second-order valence-corrected chi connectivity index (χ2v) is 16.3. The fourth-order valence-electron chi connectivity index (χ4n) is 11.7. The van der Waals surface area contributed by atoms with Crippen molar-refractivity contribution in [3.05, 3.63) is 48.0 Å². The number of esters is 1. The molecule has 4 aliphatic carbocycles. The molecule has 1 saturated heterocycles. The molecule has 5 fully saturated rings. The van der Waals surface area contributed by atoms with E-state index in [9.17, 15) is 4.79 Å². The quantitative estimate of drug-likeness (QED) is 0.264. The van der Waals surface area contributed by atoms with Crippen molar-refractivity contribution in [3.8, 4) is 0 Å². The molecule has 1 aromatic carbocycles. The Morgan fingerprint density at radius 2 is 1.68 bits per heavy atom. The van der Waals surface area contributed by atoms with Gasteiger partial charge in [0.25, 0.3) is 0 Å². The summed E-state index contributed by atoms with van der Waals surface area (Å²) in [6.07, 6.45) is 12.2. The van der Waals surface area contributed by atoms with Crippen LogP contribution in [0.3, 0.4) is 0 Å². The van der Waals surface area contributed by atoms with Gasteiger partial charge in [-0.05, 0) is 121 Å². The summed E-state index contributed by atoms with van der Waals surface area (Å²) in [5.74, 6) is 2.47. The minimum absolute atomic E-state index is 0.0597. The Morgan fingerprint density at radius 3 is 2.40 bits per heavy atom. The Labute approximate surface area is 243 Å². The van der Waals surface area contributed by atoms with Crippen LogP contribution < -0.4 is 0 Å². The molecule has 0 radical (unpaired) electrons. The van der Waals surface area contributed by atoms with Gasteiger partial charge in [-0.1, -0.05) is 77.1 Å². The van der Waals surface area contributed by atoms with Crippen molar-refractivity contribution in [3.63, 3.8) is 0 Å². The average Bonchev–Trinajstić information content (AvgIpc) is 3.26. The van der Waals surface area contributed by atoms with Crippen LogP contribution in [0.15, 0.2) is 42.5 Å². The fourth-order valence-corrected chi connectivity index (χ4v) is 11.7. The predicted octanol–water partition coefficient (Wildman–Crippen LogP) is 9.16. The average molecular weight is 547 g/mol. The van der Waals surface area contributed by atoms with E-state index in [0.29, 0.717) is 47.7 Å². The zero-order chi connectivity index (χ0) is 28.6. The molecule has 0 amide bonds. The highest BCUT2D eigenvalue weighted by Crippen LogP contribution is 2.76. The maximum atomic E-state index is 13.0. The van der Waals surface area contributed by atoms with Crippen LogP contribution in [-0.4, -0.2) is 18.7 Å². The van der Waals surface area contributed by atoms with Crippen LogP contribution in [-0.2, 0) is 20.9 Å². The number of rotatable bonds is 6. The van der Waals surface area contributed by atoms with Crippen LogP contribution in [0.1, 0.15) is 111 Å². The first-order valence-corrected chi connectivity index (χ1v) is 16.3. The molecule has 4 saturated carbocycles. The van der Waals surface area contributed by atoms with Gasteiger partial charge in [0.15, 0.2) is 0 Å². The van der Waals surface area contributed by atoms with Crippen LogP contribution >= 0.6 is 0 Å². The highest BCUT2D eigenvalue weighted by molar-refractivity contribution is 5.69. The van der Waals surface area contributed by atoms with Crippen LogP contribution in [0.2, 0.25) is 0 Å². The molecule has 6 rings (SSSR count). The summed E-state index contributed by atoms with van der Waals surface area (Å²) in [5.41, 5.74) is 3.72. The van der Waals surface area contributed by atoms with Gasteiger partial charge >= 0.3 is 5.97 Å². The lowest BCUT2D eigenvalue weighted by atomic mass is 9.33. The summed E-state index contributed by atoms with van der Waals surface area (Å²) in [6, 6.07) is 10.0. The number of benzene rings is 1. The Kier molecular flexibility index (Phi) is 6.92. The zero-order valence-corrected chi connectivity index (χ0v) is 26.2. The maximum Gasteiger partial charge on any atom is 0.306 e. The summed E-state index contributed by atoms with van der Waals surface area (Å²) in [7, 11) is 0. The van der Waals surface area contributed by atoms with Crippen LogP contribution in [0.4, 0.5) is 0 Å². The molecule has 1 aromatic rings. The molecule has 9 atom stereocenters. The molecule has 0 aromatic heterocycles. The van der Waals surface area contributed by atoms with E-state index in [1.807, 2.05) is 30.3 Å². The molecule has 0 N–H and O–H groups in total. The number of allylic oxidation sites excluding steroid dienone is 1. The number of ether oxygens (including phenoxy) is 2. The monoisotopic (exact) mass is 546 g/mol. The molecule has 3 nitrogen and oxygen atoms in total. The van der Waals surface area contributed by atoms with E-state index in [-0.39, 0.29) is 22.2 Å². The first-order chi connectivity index (χ1) is 18.9. The first-order valence-electron chi connectivity index (χ1n) is 16.3. The van der Waals surface area contributed by atoms with Gasteiger partial charge in [0.2, 0.25) is 0 Å². The van der Waals surface area contributed by atoms with Crippen LogP contribution in [0.25, 0.3) is 0 Å². The second kappa shape index (κ2) is 9.72. The van der Waals surface area contributed by atoms with Gasteiger partial charge in [0.1, 0.15) is 6.61 Å². The Morgan fingerprint density at radius 1 is 0.950 bits per heavy atom. The second-order valence-electron chi connectivity index (χ2n) is 16.3. The smallest absolute Gasteiger partial charge is 0.306 e. The molecule has 3 heteroatoms. The van der Waals surface area contributed by atoms with Gasteiger partial charge in [-0.15, -0.1) is 0 Å². The van der Waals surface area contributed by atoms with E-state index in [1.54, 1.807) is 0 Å². The molecule has 1 aliphatic heterocycles. The molecule has 0 unspecified atom stereocenters. The highest BCUT2D eigenvalue weighted by Gasteiger charge is 2.71. The summed E-state index contributed by atoms with van der Waals surface area (Å²) < 4.78 is 12.5. The fraction of sp³-hybridized carbons (Fsp3) is 0.757. The Hall–Kier alpha value is -1.61. The minimum Gasteiger partial charge on any atom is -0.461 e. The van der Waals surface area contributed by atoms with Crippen LogP contribution in [0, 0.1) is 50.7 Å². The van der Waals surface area contributed by atoms with Gasteiger partial charge < -0.3 is 9.47 Å². The van der Waals surface area contributed by atoms with E-state index in [2.05, 4.69) is 48.1 Å². The van der Waals surface area contributed by atoms with Gasteiger partial charge in [0.05, 0.1) is 12.7 Å². The number of hydrogen-bond acceptors (Lipinski definition) is 3. The molecular weight excluding hydrogens is 492 g/mol. The molecule has 40 heavy (non-hydrogen) atoms. The van der Waals surface area contributed by atoms with Crippen molar-refractivity contribution in [2.45, 2.75) is 118 Å².